The SMILES string of the molecule is Oc1ccc(C2=NN3[C@H](C2)c2cc(Br)ccc2O[C@@H]3c2ccncc2)cc1. The zero-order valence-electron chi connectivity index (χ0n) is 14.3. The van der Waals surface area contributed by atoms with Crippen LogP contribution in [0.3, 0.4) is 0 Å². The molecule has 0 bridgehead atoms. The number of rotatable bonds is 2. The number of benzene rings is 2. The summed E-state index contributed by atoms with van der Waals surface area (Å²) in [6.45, 7) is 0. The zero-order chi connectivity index (χ0) is 18.4. The Balaban J connectivity index is 1.60. The second-order valence-electron chi connectivity index (χ2n) is 6.63. The van der Waals surface area contributed by atoms with E-state index in [1.165, 1.54) is 0 Å². The van der Waals surface area contributed by atoms with Crippen LogP contribution in [0.25, 0.3) is 0 Å². The van der Waals surface area contributed by atoms with Crippen LogP contribution < -0.4 is 4.74 Å². The van der Waals surface area contributed by atoms with Crippen molar-refractivity contribution in [2.45, 2.75) is 18.7 Å². The van der Waals surface area contributed by atoms with Gasteiger partial charge < -0.3 is 9.84 Å². The molecule has 2 aliphatic rings. The van der Waals surface area contributed by atoms with E-state index in [4.69, 9.17) is 9.84 Å². The molecular weight excluding hydrogens is 406 g/mol. The van der Waals surface area contributed by atoms with E-state index in [-0.39, 0.29) is 18.0 Å². The van der Waals surface area contributed by atoms with Crippen molar-refractivity contribution < 1.29 is 9.84 Å². The van der Waals surface area contributed by atoms with Gasteiger partial charge in [-0.15, -0.1) is 0 Å². The van der Waals surface area contributed by atoms with Gasteiger partial charge in [0.2, 0.25) is 6.23 Å². The van der Waals surface area contributed by atoms with Crippen molar-refractivity contribution in [3.05, 3.63) is 88.2 Å². The van der Waals surface area contributed by atoms with Crippen molar-refractivity contribution in [3.63, 3.8) is 0 Å². The molecule has 2 aromatic carbocycles. The van der Waals surface area contributed by atoms with Crippen LogP contribution in [0.15, 0.2) is 76.6 Å². The Hall–Kier alpha value is -2.86. The molecule has 0 spiro atoms. The molecule has 6 heteroatoms. The van der Waals surface area contributed by atoms with Crippen LogP contribution in [0.5, 0.6) is 11.5 Å². The van der Waals surface area contributed by atoms with Gasteiger partial charge in [0.1, 0.15) is 11.5 Å². The van der Waals surface area contributed by atoms with Gasteiger partial charge in [-0.1, -0.05) is 15.9 Å². The number of hydrazone groups is 1. The van der Waals surface area contributed by atoms with Gasteiger partial charge in [-0.25, -0.2) is 5.01 Å². The van der Waals surface area contributed by atoms with Crippen LogP contribution in [0, 0.1) is 0 Å². The van der Waals surface area contributed by atoms with E-state index in [1.54, 1.807) is 24.5 Å². The maximum absolute atomic E-state index is 9.58. The van der Waals surface area contributed by atoms with Gasteiger partial charge in [0.15, 0.2) is 0 Å². The van der Waals surface area contributed by atoms with Crippen molar-refractivity contribution in [2.24, 2.45) is 5.10 Å². The maximum atomic E-state index is 9.58. The summed E-state index contributed by atoms with van der Waals surface area (Å²) < 4.78 is 7.34. The third kappa shape index (κ3) is 2.86. The predicted molar refractivity (Wildman–Crippen MR) is 106 cm³/mol. The molecular formula is C21H16BrN3O2. The molecule has 27 heavy (non-hydrogen) atoms. The number of hydrogen-bond donors (Lipinski definition) is 1. The number of nitrogens with zero attached hydrogens (tertiary/aromatic N) is 3. The molecule has 0 saturated carbocycles. The van der Waals surface area contributed by atoms with Gasteiger partial charge in [-0.3, -0.25) is 4.98 Å². The standard InChI is InChI=1S/C21H16BrN3O2/c22-15-3-6-20-17(11-15)19-12-18(13-1-4-16(26)5-2-13)24-25(19)21(27-20)14-7-9-23-10-8-14/h1-11,19,21,26H,12H2/t19-,21-/m1/s1. The highest BCUT2D eigenvalue weighted by molar-refractivity contribution is 9.10. The number of fused-ring (bicyclic) bond motifs is 3. The third-order valence-electron chi connectivity index (χ3n) is 4.94. The molecule has 0 unspecified atom stereocenters. The van der Waals surface area contributed by atoms with Crippen LogP contribution in [0.4, 0.5) is 0 Å². The first-order chi connectivity index (χ1) is 13.2. The van der Waals surface area contributed by atoms with Crippen LogP contribution in [0.1, 0.15) is 35.4 Å². The minimum Gasteiger partial charge on any atom is -0.508 e. The Morgan fingerprint density at radius 3 is 2.59 bits per heavy atom. The van der Waals surface area contributed by atoms with Gasteiger partial charge >= 0.3 is 0 Å². The predicted octanol–water partition coefficient (Wildman–Crippen LogP) is 4.79. The summed E-state index contributed by atoms with van der Waals surface area (Å²) in [6.07, 6.45) is 4.01. The number of ether oxygens (including phenoxy) is 1. The molecule has 1 N–H and O–H groups in total. The molecule has 5 nitrogen and oxygen atoms in total. The fourth-order valence-electron chi connectivity index (χ4n) is 3.63. The van der Waals surface area contributed by atoms with Crippen molar-refractivity contribution in [1.29, 1.82) is 0 Å². The summed E-state index contributed by atoms with van der Waals surface area (Å²) in [5.74, 6) is 1.13. The fraction of sp³-hybridized carbons (Fsp3) is 0.143. The molecule has 0 saturated heterocycles. The molecule has 0 fully saturated rings. The maximum Gasteiger partial charge on any atom is 0.213 e. The van der Waals surface area contributed by atoms with E-state index in [0.29, 0.717) is 0 Å². The Morgan fingerprint density at radius 2 is 1.81 bits per heavy atom. The average molecular weight is 422 g/mol. The second-order valence-corrected chi connectivity index (χ2v) is 7.54. The largest absolute Gasteiger partial charge is 0.508 e. The Kier molecular flexibility index (Phi) is 3.86. The molecule has 2 aliphatic heterocycles. The number of aromatic nitrogens is 1. The third-order valence-corrected chi connectivity index (χ3v) is 5.44. The molecule has 0 aliphatic carbocycles. The van der Waals surface area contributed by atoms with Crippen LogP contribution in [-0.2, 0) is 0 Å². The van der Waals surface area contributed by atoms with Crippen LogP contribution in [0.2, 0.25) is 0 Å². The molecule has 3 aromatic rings. The van der Waals surface area contributed by atoms with Gasteiger partial charge in [0.25, 0.3) is 0 Å². The second kappa shape index (κ2) is 6.39. The van der Waals surface area contributed by atoms with E-state index >= 15 is 0 Å². The number of phenols is 1. The minimum atomic E-state index is -0.304. The summed E-state index contributed by atoms with van der Waals surface area (Å²) >= 11 is 3.57. The fourth-order valence-corrected chi connectivity index (χ4v) is 4.01. The molecule has 0 radical (unpaired) electrons. The normalized spacial score (nSPS) is 20.5. The first-order valence-corrected chi connectivity index (χ1v) is 9.49. The summed E-state index contributed by atoms with van der Waals surface area (Å²) in [5.41, 5.74) is 4.12. The first kappa shape index (κ1) is 16.3. The molecule has 3 heterocycles. The summed E-state index contributed by atoms with van der Waals surface area (Å²) in [4.78, 5) is 4.11. The van der Waals surface area contributed by atoms with Gasteiger partial charge in [-0.05, 0) is 60.2 Å². The van der Waals surface area contributed by atoms with Crippen molar-refractivity contribution in [2.75, 3.05) is 0 Å². The topological polar surface area (TPSA) is 58.0 Å². The molecule has 1 aromatic heterocycles. The smallest absolute Gasteiger partial charge is 0.213 e. The molecule has 5 rings (SSSR count). The quantitative estimate of drug-likeness (QED) is 0.645. The van der Waals surface area contributed by atoms with Crippen LogP contribution in [-0.4, -0.2) is 20.8 Å². The monoisotopic (exact) mass is 421 g/mol. The first-order valence-electron chi connectivity index (χ1n) is 8.70. The lowest BCUT2D eigenvalue weighted by Crippen LogP contribution is -2.33. The highest BCUT2D eigenvalue weighted by atomic mass is 79.9. The lowest BCUT2D eigenvalue weighted by Gasteiger charge is -2.38. The van der Waals surface area contributed by atoms with Crippen LogP contribution >= 0.6 is 15.9 Å². The lowest BCUT2D eigenvalue weighted by atomic mass is 9.96. The highest BCUT2D eigenvalue weighted by Gasteiger charge is 2.41. The van der Waals surface area contributed by atoms with E-state index in [9.17, 15) is 5.11 Å². The lowest BCUT2D eigenvalue weighted by molar-refractivity contribution is -0.0191. The van der Waals surface area contributed by atoms with Gasteiger partial charge in [0, 0.05) is 34.4 Å². The Morgan fingerprint density at radius 1 is 1.04 bits per heavy atom. The minimum absolute atomic E-state index is 0.0909. The number of phenolic OH excluding ortho intramolecular Hbond substituents is 1. The van der Waals surface area contributed by atoms with E-state index in [2.05, 4.69) is 27.0 Å². The summed E-state index contributed by atoms with van der Waals surface area (Å²) in [7, 11) is 0. The average Bonchev–Trinajstić information content (AvgIpc) is 3.14. The molecule has 0 amide bonds. The van der Waals surface area contributed by atoms with E-state index < -0.39 is 0 Å². The highest BCUT2D eigenvalue weighted by Crippen LogP contribution is 2.48. The number of halogens is 1. The van der Waals surface area contributed by atoms with Crippen molar-refractivity contribution >= 4 is 21.6 Å². The number of hydrogen-bond acceptors (Lipinski definition) is 5. The number of aromatic hydroxyl groups is 1. The summed E-state index contributed by atoms with van der Waals surface area (Å²) in [5, 5.41) is 16.5. The number of pyridine rings is 1. The Labute approximate surface area is 165 Å². The Bertz CT molecular complexity index is 1020. The van der Waals surface area contributed by atoms with E-state index in [0.717, 1.165) is 39.0 Å². The zero-order valence-corrected chi connectivity index (χ0v) is 15.9. The molecule has 2 atom stereocenters. The van der Waals surface area contributed by atoms with Gasteiger partial charge in [-0.2, -0.15) is 5.10 Å². The van der Waals surface area contributed by atoms with Crippen molar-refractivity contribution in [1.82, 2.24) is 9.99 Å². The van der Waals surface area contributed by atoms with Gasteiger partial charge in [0.05, 0.1) is 11.8 Å². The summed E-state index contributed by atoms with van der Waals surface area (Å²) in [6, 6.07) is 17.3. The van der Waals surface area contributed by atoms with E-state index in [1.807, 2.05) is 41.4 Å². The molecule has 134 valence electrons. The van der Waals surface area contributed by atoms with Crippen molar-refractivity contribution in [3.8, 4) is 11.5 Å².